The molecule has 1 aromatic heterocycles. The minimum absolute atomic E-state index is 0.0155. The number of aromatic amines is 1. The zero-order valence-electron chi connectivity index (χ0n) is 11.1. The summed E-state index contributed by atoms with van der Waals surface area (Å²) in [5.74, 6) is 0. The second-order valence-corrected chi connectivity index (χ2v) is 4.49. The van der Waals surface area contributed by atoms with E-state index in [4.69, 9.17) is 5.53 Å². The molecule has 2 aromatic rings. The van der Waals surface area contributed by atoms with E-state index in [1.807, 2.05) is 0 Å². The first kappa shape index (κ1) is 15.4. The topological polar surface area (TPSA) is 165 Å². The van der Waals surface area contributed by atoms with Gasteiger partial charge in [0.15, 0.2) is 0 Å². The number of rotatable bonds is 5. The van der Waals surface area contributed by atoms with Crippen molar-refractivity contribution in [2.75, 3.05) is 6.54 Å². The van der Waals surface area contributed by atoms with E-state index >= 15 is 0 Å². The summed E-state index contributed by atoms with van der Waals surface area (Å²) in [5, 5.41) is 33.6. The zero-order valence-corrected chi connectivity index (χ0v) is 11.1. The number of pyridine rings is 1. The van der Waals surface area contributed by atoms with Crippen molar-refractivity contribution >= 4 is 16.6 Å². The number of nitro groups is 1. The molecule has 2 atom stereocenters. The zero-order chi connectivity index (χ0) is 16.3. The predicted molar refractivity (Wildman–Crippen MR) is 76.2 cm³/mol. The first-order valence-electron chi connectivity index (χ1n) is 6.12. The van der Waals surface area contributed by atoms with Crippen molar-refractivity contribution in [1.29, 1.82) is 0 Å². The Morgan fingerprint density at radius 3 is 2.82 bits per heavy atom. The van der Waals surface area contributed by atoms with Gasteiger partial charge < -0.3 is 15.2 Å². The monoisotopic (exact) mass is 305 g/mol. The number of fused-ring (bicyclic) bond motifs is 1. The van der Waals surface area contributed by atoms with Gasteiger partial charge in [-0.3, -0.25) is 14.9 Å². The molecule has 3 N–H and O–H groups in total. The van der Waals surface area contributed by atoms with E-state index in [1.54, 1.807) is 0 Å². The van der Waals surface area contributed by atoms with Crippen molar-refractivity contribution in [3.05, 3.63) is 60.7 Å². The van der Waals surface area contributed by atoms with Gasteiger partial charge in [-0.1, -0.05) is 11.2 Å². The second kappa shape index (κ2) is 6.22. The molecular weight excluding hydrogens is 294 g/mol. The third-order valence-electron chi connectivity index (χ3n) is 3.12. The molecule has 0 fully saturated rings. The summed E-state index contributed by atoms with van der Waals surface area (Å²) < 4.78 is 0. The van der Waals surface area contributed by atoms with Gasteiger partial charge in [-0.05, 0) is 23.2 Å². The molecule has 114 valence electrons. The SMILES string of the molecule is [N-]=[N+]=NCC(O)C(O)c1ccc2[nH]cc([N+](=O)[O-])c(=O)c2c1. The highest BCUT2D eigenvalue weighted by Crippen LogP contribution is 2.21. The highest BCUT2D eigenvalue weighted by molar-refractivity contribution is 5.81. The molecule has 0 radical (unpaired) electrons. The average Bonchev–Trinajstić information content (AvgIpc) is 2.51. The fourth-order valence-corrected chi connectivity index (χ4v) is 1.99. The maximum absolute atomic E-state index is 12.0. The van der Waals surface area contributed by atoms with Crippen LogP contribution in [0.2, 0.25) is 0 Å². The van der Waals surface area contributed by atoms with Crippen molar-refractivity contribution in [3.63, 3.8) is 0 Å². The van der Waals surface area contributed by atoms with Gasteiger partial charge in [0.25, 0.3) is 5.43 Å². The van der Waals surface area contributed by atoms with Crippen LogP contribution in [-0.4, -0.2) is 32.8 Å². The highest BCUT2D eigenvalue weighted by atomic mass is 16.6. The van der Waals surface area contributed by atoms with Crippen LogP contribution >= 0.6 is 0 Å². The second-order valence-electron chi connectivity index (χ2n) is 4.49. The van der Waals surface area contributed by atoms with E-state index in [1.165, 1.54) is 18.2 Å². The molecule has 10 heteroatoms. The van der Waals surface area contributed by atoms with Crippen LogP contribution in [-0.2, 0) is 0 Å². The van der Waals surface area contributed by atoms with Crippen LogP contribution in [0.5, 0.6) is 0 Å². The van der Waals surface area contributed by atoms with E-state index in [-0.39, 0.29) is 17.5 Å². The normalized spacial score (nSPS) is 13.4. The minimum Gasteiger partial charge on any atom is -0.390 e. The number of nitrogens with zero attached hydrogens (tertiary/aromatic N) is 4. The largest absolute Gasteiger partial charge is 0.390 e. The van der Waals surface area contributed by atoms with Gasteiger partial charge in [0.05, 0.1) is 29.2 Å². The Morgan fingerprint density at radius 2 is 2.18 bits per heavy atom. The first-order valence-corrected chi connectivity index (χ1v) is 6.12. The van der Waals surface area contributed by atoms with E-state index in [9.17, 15) is 25.1 Å². The summed E-state index contributed by atoms with van der Waals surface area (Å²) >= 11 is 0. The van der Waals surface area contributed by atoms with Crippen LogP contribution < -0.4 is 5.43 Å². The van der Waals surface area contributed by atoms with Gasteiger partial charge in [-0.15, -0.1) is 0 Å². The maximum Gasteiger partial charge on any atom is 0.332 e. The highest BCUT2D eigenvalue weighted by Gasteiger charge is 2.20. The summed E-state index contributed by atoms with van der Waals surface area (Å²) in [6, 6.07) is 4.17. The van der Waals surface area contributed by atoms with Crippen LogP contribution in [0, 0.1) is 10.1 Å². The van der Waals surface area contributed by atoms with E-state index in [0.717, 1.165) is 6.20 Å². The molecule has 0 aliphatic heterocycles. The molecule has 0 aliphatic carbocycles. The lowest BCUT2D eigenvalue weighted by molar-refractivity contribution is -0.386. The van der Waals surface area contributed by atoms with Crippen LogP contribution in [0.4, 0.5) is 5.69 Å². The van der Waals surface area contributed by atoms with Gasteiger partial charge >= 0.3 is 5.69 Å². The number of aliphatic hydroxyl groups is 2. The Labute approximate surface area is 122 Å². The van der Waals surface area contributed by atoms with Crippen LogP contribution in [0.25, 0.3) is 21.3 Å². The van der Waals surface area contributed by atoms with Gasteiger partial charge in [0, 0.05) is 10.4 Å². The molecule has 0 aliphatic rings. The molecule has 0 saturated carbocycles. The smallest absolute Gasteiger partial charge is 0.332 e. The molecular formula is C12H11N5O5. The van der Waals surface area contributed by atoms with Crippen molar-refractivity contribution in [2.45, 2.75) is 12.2 Å². The summed E-state index contributed by atoms with van der Waals surface area (Å²) in [5.41, 5.74) is 7.31. The summed E-state index contributed by atoms with van der Waals surface area (Å²) in [4.78, 5) is 27.1. The summed E-state index contributed by atoms with van der Waals surface area (Å²) in [7, 11) is 0. The molecule has 0 saturated heterocycles. The van der Waals surface area contributed by atoms with Crippen molar-refractivity contribution in [3.8, 4) is 0 Å². The third kappa shape index (κ3) is 2.88. The van der Waals surface area contributed by atoms with Gasteiger partial charge in [0.2, 0.25) is 0 Å². The summed E-state index contributed by atoms with van der Waals surface area (Å²) in [6.07, 6.45) is -1.75. The van der Waals surface area contributed by atoms with Crippen LogP contribution in [0.15, 0.2) is 34.3 Å². The van der Waals surface area contributed by atoms with Crippen molar-refractivity contribution in [1.82, 2.24) is 4.98 Å². The lowest BCUT2D eigenvalue weighted by atomic mass is 10.0. The standard InChI is InChI=1S/C12H11N5O5/c13-16-15-5-10(18)11(19)6-1-2-8-7(3-6)12(20)9(4-14-8)17(21)22/h1-4,10-11,18-19H,5H2,(H,14,20). The molecule has 1 aromatic carbocycles. The van der Waals surface area contributed by atoms with Gasteiger partial charge in [0.1, 0.15) is 6.10 Å². The Bertz CT molecular complexity index is 826. The number of hydrogen-bond donors (Lipinski definition) is 3. The number of aliphatic hydroxyl groups excluding tert-OH is 2. The average molecular weight is 305 g/mol. The third-order valence-corrected chi connectivity index (χ3v) is 3.12. The number of aromatic nitrogens is 1. The molecule has 0 spiro atoms. The lowest BCUT2D eigenvalue weighted by Gasteiger charge is -2.16. The molecule has 1 heterocycles. The molecule has 0 amide bonds. The maximum atomic E-state index is 12.0. The molecule has 0 bridgehead atoms. The molecule has 2 unspecified atom stereocenters. The Morgan fingerprint density at radius 1 is 1.45 bits per heavy atom. The lowest BCUT2D eigenvalue weighted by Crippen LogP contribution is -2.21. The van der Waals surface area contributed by atoms with Crippen molar-refractivity contribution < 1.29 is 15.1 Å². The quantitative estimate of drug-likeness (QED) is 0.247. The molecule has 22 heavy (non-hydrogen) atoms. The van der Waals surface area contributed by atoms with Gasteiger partial charge in [-0.2, -0.15) is 0 Å². The molecule has 2 rings (SSSR count). The minimum atomic E-state index is -1.39. The van der Waals surface area contributed by atoms with E-state index < -0.39 is 28.2 Å². The Kier molecular flexibility index (Phi) is 4.37. The van der Waals surface area contributed by atoms with Gasteiger partial charge in [-0.25, -0.2) is 0 Å². The number of benzene rings is 1. The van der Waals surface area contributed by atoms with E-state index in [0.29, 0.717) is 5.52 Å². The van der Waals surface area contributed by atoms with E-state index in [2.05, 4.69) is 15.0 Å². The first-order chi connectivity index (χ1) is 10.5. The number of H-pyrrole nitrogens is 1. The predicted octanol–water partition coefficient (Wildman–Crippen LogP) is 1.14. The van der Waals surface area contributed by atoms with Crippen LogP contribution in [0.3, 0.4) is 0 Å². The number of azide groups is 1. The Hall–Kier alpha value is -2.94. The van der Waals surface area contributed by atoms with Crippen molar-refractivity contribution in [2.24, 2.45) is 5.11 Å². The number of hydrogen-bond acceptors (Lipinski definition) is 6. The Balaban J connectivity index is 2.49. The summed E-state index contributed by atoms with van der Waals surface area (Å²) in [6.45, 7) is -0.346. The number of nitrogens with one attached hydrogen (secondary N) is 1. The fourth-order valence-electron chi connectivity index (χ4n) is 1.99. The van der Waals surface area contributed by atoms with Crippen LogP contribution in [0.1, 0.15) is 11.7 Å². The molecule has 10 nitrogen and oxygen atoms in total. The fraction of sp³-hybridized carbons (Fsp3) is 0.250.